The summed E-state index contributed by atoms with van der Waals surface area (Å²) in [5.41, 5.74) is 0. The summed E-state index contributed by atoms with van der Waals surface area (Å²) in [6.07, 6.45) is 0.473. The molecule has 0 aromatic rings. The van der Waals surface area contributed by atoms with Crippen molar-refractivity contribution in [3.63, 3.8) is 0 Å². The summed E-state index contributed by atoms with van der Waals surface area (Å²) in [6.45, 7) is 2.91. The van der Waals surface area contributed by atoms with Gasteiger partial charge in [-0.2, -0.15) is 0 Å². The first-order valence-corrected chi connectivity index (χ1v) is 7.54. The number of aliphatic hydroxyl groups is 1. The minimum absolute atomic E-state index is 0.0305. The lowest BCUT2D eigenvalue weighted by atomic mass is 9.80. The highest BCUT2D eigenvalue weighted by molar-refractivity contribution is 5.84. The third-order valence-corrected chi connectivity index (χ3v) is 5.57. The minimum atomic E-state index is -0.472. The van der Waals surface area contributed by atoms with Gasteiger partial charge < -0.3 is 20.1 Å². The van der Waals surface area contributed by atoms with E-state index < -0.39 is 6.10 Å². The maximum Gasteiger partial charge on any atom is 0.228 e. The number of hydrogen-bond acceptors (Lipinski definition) is 4. The van der Waals surface area contributed by atoms with E-state index in [0.29, 0.717) is 25.4 Å². The molecule has 20 heavy (non-hydrogen) atoms. The molecule has 6 nitrogen and oxygen atoms in total. The SMILES string of the molecule is CCNC(=O)CCN1C(=O)C2C3CC4C(OC1C42)C3O. The Kier molecular flexibility index (Phi) is 2.63. The van der Waals surface area contributed by atoms with Crippen LogP contribution in [0.3, 0.4) is 0 Å². The van der Waals surface area contributed by atoms with Crippen LogP contribution in [0.5, 0.6) is 0 Å². The number of carbonyl (C=O) groups is 2. The van der Waals surface area contributed by atoms with E-state index in [1.54, 1.807) is 4.90 Å². The Hall–Kier alpha value is -1.14. The van der Waals surface area contributed by atoms with Crippen molar-refractivity contribution in [1.82, 2.24) is 10.2 Å². The van der Waals surface area contributed by atoms with E-state index in [-0.39, 0.29) is 41.9 Å². The van der Waals surface area contributed by atoms with Gasteiger partial charge in [0.05, 0.1) is 18.1 Å². The Morgan fingerprint density at radius 2 is 2.30 bits per heavy atom. The number of rotatable bonds is 4. The zero-order valence-corrected chi connectivity index (χ0v) is 11.5. The average Bonchev–Trinajstić information content (AvgIpc) is 3.06. The van der Waals surface area contributed by atoms with Gasteiger partial charge >= 0.3 is 0 Å². The molecule has 2 saturated heterocycles. The van der Waals surface area contributed by atoms with Gasteiger partial charge in [0, 0.05) is 25.4 Å². The first-order valence-electron chi connectivity index (χ1n) is 7.54. The van der Waals surface area contributed by atoms with Gasteiger partial charge in [-0.15, -0.1) is 0 Å². The molecule has 6 heteroatoms. The third-order valence-electron chi connectivity index (χ3n) is 5.57. The van der Waals surface area contributed by atoms with Crippen LogP contribution < -0.4 is 5.32 Å². The van der Waals surface area contributed by atoms with Crippen molar-refractivity contribution in [2.24, 2.45) is 23.7 Å². The molecule has 2 bridgehead atoms. The molecular formula is C14H20N2O4. The van der Waals surface area contributed by atoms with Crippen LogP contribution in [0.2, 0.25) is 0 Å². The highest BCUT2D eigenvalue weighted by Gasteiger charge is 2.72. The van der Waals surface area contributed by atoms with Crippen molar-refractivity contribution in [3.8, 4) is 0 Å². The zero-order valence-electron chi connectivity index (χ0n) is 11.5. The fraction of sp³-hybridized carbons (Fsp3) is 0.857. The molecule has 110 valence electrons. The predicted octanol–water partition coefficient (Wildman–Crippen LogP) is -0.677. The van der Waals surface area contributed by atoms with Crippen molar-refractivity contribution < 1.29 is 19.4 Å². The van der Waals surface area contributed by atoms with Gasteiger partial charge in [0.25, 0.3) is 0 Å². The second-order valence-corrected chi connectivity index (χ2v) is 6.38. The molecule has 0 spiro atoms. The van der Waals surface area contributed by atoms with Crippen molar-refractivity contribution in [2.75, 3.05) is 13.1 Å². The molecule has 7 unspecified atom stereocenters. The molecule has 2 saturated carbocycles. The van der Waals surface area contributed by atoms with Gasteiger partial charge in [0.1, 0.15) is 6.23 Å². The molecule has 4 fully saturated rings. The van der Waals surface area contributed by atoms with Gasteiger partial charge in [-0.3, -0.25) is 9.59 Å². The van der Waals surface area contributed by atoms with Crippen LogP contribution in [0.15, 0.2) is 0 Å². The van der Waals surface area contributed by atoms with Crippen LogP contribution in [-0.4, -0.2) is 53.3 Å². The van der Waals surface area contributed by atoms with Crippen molar-refractivity contribution in [3.05, 3.63) is 0 Å². The number of carbonyl (C=O) groups excluding carboxylic acids is 2. The molecule has 2 heterocycles. The minimum Gasteiger partial charge on any atom is -0.390 e. The van der Waals surface area contributed by atoms with Crippen LogP contribution in [0, 0.1) is 23.7 Å². The van der Waals surface area contributed by atoms with Crippen LogP contribution in [0.1, 0.15) is 19.8 Å². The molecule has 7 atom stereocenters. The Morgan fingerprint density at radius 1 is 1.50 bits per heavy atom. The number of fused-ring (bicyclic) bond motifs is 2. The van der Waals surface area contributed by atoms with Crippen LogP contribution >= 0.6 is 0 Å². The second-order valence-electron chi connectivity index (χ2n) is 6.38. The largest absolute Gasteiger partial charge is 0.390 e. The normalized spacial score (nSPS) is 47.4. The number of likely N-dealkylation sites (tertiary alicyclic amines) is 1. The van der Waals surface area contributed by atoms with Crippen LogP contribution in [-0.2, 0) is 14.3 Å². The molecule has 4 aliphatic rings. The number of ether oxygens (including phenoxy) is 1. The summed E-state index contributed by atoms with van der Waals surface area (Å²) >= 11 is 0. The van der Waals surface area contributed by atoms with Crippen molar-refractivity contribution >= 4 is 11.8 Å². The molecule has 2 aliphatic carbocycles. The van der Waals surface area contributed by atoms with Gasteiger partial charge in [0.2, 0.25) is 11.8 Å². The molecule has 2 amide bonds. The number of nitrogens with zero attached hydrogens (tertiary/aromatic N) is 1. The Labute approximate surface area is 117 Å². The molecule has 4 rings (SSSR count). The highest BCUT2D eigenvalue weighted by Crippen LogP contribution is 2.63. The van der Waals surface area contributed by atoms with Gasteiger partial charge in [-0.1, -0.05) is 0 Å². The van der Waals surface area contributed by atoms with Gasteiger partial charge in [-0.05, 0) is 25.2 Å². The molecule has 2 N–H and O–H groups in total. The van der Waals surface area contributed by atoms with E-state index in [4.69, 9.17) is 4.74 Å². The van der Waals surface area contributed by atoms with Crippen LogP contribution in [0.25, 0.3) is 0 Å². The lowest BCUT2D eigenvalue weighted by Gasteiger charge is -2.30. The summed E-state index contributed by atoms with van der Waals surface area (Å²) < 4.78 is 5.94. The fourth-order valence-corrected chi connectivity index (χ4v) is 4.88. The van der Waals surface area contributed by atoms with Gasteiger partial charge in [0.15, 0.2) is 0 Å². The summed E-state index contributed by atoms with van der Waals surface area (Å²) in [5, 5.41) is 12.9. The predicted molar refractivity (Wildman–Crippen MR) is 68.3 cm³/mol. The van der Waals surface area contributed by atoms with E-state index >= 15 is 0 Å². The van der Waals surface area contributed by atoms with Gasteiger partial charge in [-0.25, -0.2) is 0 Å². The number of hydrogen-bond donors (Lipinski definition) is 2. The van der Waals surface area contributed by atoms with Crippen LogP contribution in [0.4, 0.5) is 0 Å². The summed E-state index contributed by atoms with van der Waals surface area (Å²) in [7, 11) is 0. The van der Waals surface area contributed by atoms with E-state index in [2.05, 4.69) is 5.32 Å². The Balaban J connectivity index is 1.49. The summed E-state index contributed by atoms with van der Waals surface area (Å²) in [6, 6.07) is 0. The first kappa shape index (κ1) is 12.6. The first-order chi connectivity index (χ1) is 9.63. The van der Waals surface area contributed by atoms with Crippen molar-refractivity contribution in [2.45, 2.75) is 38.2 Å². The fourth-order valence-electron chi connectivity index (χ4n) is 4.88. The lowest BCUT2D eigenvalue weighted by Crippen LogP contribution is -2.44. The van der Waals surface area contributed by atoms with E-state index in [9.17, 15) is 14.7 Å². The number of amides is 2. The number of aliphatic hydroxyl groups excluding tert-OH is 1. The maximum absolute atomic E-state index is 12.5. The summed E-state index contributed by atoms with van der Waals surface area (Å²) in [5.74, 6) is 0.625. The number of nitrogens with one attached hydrogen (secondary N) is 1. The van der Waals surface area contributed by atoms with E-state index in [1.165, 1.54) is 0 Å². The topological polar surface area (TPSA) is 78.9 Å². The maximum atomic E-state index is 12.5. The lowest BCUT2D eigenvalue weighted by molar-refractivity contribution is -0.151. The second kappa shape index (κ2) is 4.18. The average molecular weight is 280 g/mol. The molecule has 0 aromatic heterocycles. The highest BCUT2D eigenvalue weighted by atomic mass is 16.5. The summed E-state index contributed by atoms with van der Waals surface area (Å²) in [4.78, 5) is 25.8. The molecular weight excluding hydrogens is 260 g/mol. The molecule has 0 radical (unpaired) electrons. The molecule has 0 aromatic carbocycles. The zero-order chi connectivity index (χ0) is 14.0. The van der Waals surface area contributed by atoms with E-state index in [1.807, 2.05) is 6.92 Å². The quantitative estimate of drug-likeness (QED) is 0.715. The third kappa shape index (κ3) is 1.41. The van der Waals surface area contributed by atoms with Crippen molar-refractivity contribution in [1.29, 1.82) is 0 Å². The Morgan fingerprint density at radius 3 is 3.05 bits per heavy atom. The van der Waals surface area contributed by atoms with E-state index in [0.717, 1.165) is 6.42 Å². The smallest absolute Gasteiger partial charge is 0.228 e. The monoisotopic (exact) mass is 280 g/mol. The standard InChI is InChI=1S/C14H20N2O4/c1-2-15-8(17)3-4-16-13(19)9-6-5-7-10(9)14(16)20-12(7)11(6)18/h6-7,9-12,14,18H,2-5H2,1H3,(H,15,17). The molecule has 2 aliphatic heterocycles. The Bertz CT molecular complexity index is 468.